The molecule has 0 radical (unpaired) electrons. The van der Waals surface area contributed by atoms with Crippen molar-refractivity contribution in [2.24, 2.45) is 0 Å². The maximum absolute atomic E-state index is 11.3. The molecule has 0 spiro atoms. The van der Waals surface area contributed by atoms with E-state index in [1.807, 2.05) is 13.8 Å². The standard InChI is InChI=1S/C8H13N3O/c1-3-5-7(9)10-6(4-2)11-8(5)12/h3-4H2,1-2H3,(H3,9,10,11,12). The Balaban J connectivity index is 3.28. The first-order valence-corrected chi connectivity index (χ1v) is 4.06. The molecule has 12 heavy (non-hydrogen) atoms. The lowest BCUT2D eigenvalue weighted by Gasteiger charge is -2.02. The lowest BCUT2D eigenvalue weighted by Crippen LogP contribution is -2.18. The number of anilines is 1. The summed E-state index contributed by atoms with van der Waals surface area (Å²) in [7, 11) is 0. The molecule has 0 aliphatic heterocycles. The van der Waals surface area contributed by atoms with Gasteiger partial charge in [-0.05, 0) is 6.42 Å². The lowest BCUT2D eigenvalue weighted by atomic mass is 10.2. The molecule has 0 aliphatic carbocycles. The molecule has 0 fully saturated rings. The highest BCUT2D eigenvalue weighted by atomic mass is 16.1. The van der Waals surface area contributed by atoms with Gasteiger partial charge in [-0.2, -0.15) is 0 Å². The molecule has 0 aliphatic rings. The SMILES string of the molecule is CCc1nc(N)c(CC)c(=O)[nH]1. The predicted octanol–water partition coefficient (Wildman–Crippen LogP) is 0.477. The van der Waals surface area contributed by atoms with E-state index in [0.29, 0.717) is 30.0 Å². The molecule has 66 valence electrons. The number of rotatable bonds is 2. The van der Waals surface area contributed by atoms with Crippen LogP contribution < -0.4 is 11.3 Å². The van der Waals surface area contributed by atoms with Crippen molar-refractivity contribution in [3.63, 3.8) is 0 Å². The molecule has 1 rings (SSSR count). The van der Waals surface area contributed by atoms with Crippen LogP contribution in [0.25, 0.3) is 0 Å². The number of nitrogens with zero attached hydrogens (tertiary/aromatic N) is 1. The summed E-state index contributed by atoms with van der Waals surface area (Å²) in [5, 5.41) is 0. The molecule has 4 heteroatoms. The van der Waals surface area contributed by atoms with Gasteiger partial charge in [0.2, 0.25) is 0 Å². The zero-order valence-corrected chi connectivity index (χ0v) is 7.35. The summed E-state index contributed by atoms with van der Waals surface area (Å²) in [4.78, 5) is 18.0. The molecular weight excluding hydrogens is 154 g/mol. The summed E-state index contributed by atoms with van der Waals surface area (Å²) in [6.45, 7) is 3.80. The average molecular weight is 167 g/mol. The molecule has 0 bridgehead atoms. The first-order chi connectivity index (χ1) is 5.69. The smallest absolute Gasteiger partial charge is 0.256 e. The van der Waals surface area contributed by atoms with Gasteiger partial charge in [0.05, 0.1) is 5.56 Å². The topological polar surface area (TPSA) is 71.8 Å². The van der Waals surface area contributed by atoms with Gasteiger partial charge in [0.15, 0.2) is 0 Å². The number of H-pyrrole nitrogens is 1. The second-order valence-electron chi connectivity index (χ2n) is 2.58. The summed E-state index contributed by atoms with van der Waals surface area (Å²) >= 11 is 0. The largest absolute Gasteiger partial charge is 0.383 e. The quantitative estimate of drug-likeness (QED) is 0.672. The highest BCUT2D eigenvalue weighted by Crippen LogP contribution is 2.02. The van der Waals surface area contributed by atoms with Crippen molar-refractivity contribution in [1.82, 2.24) is 9.97 Å². The number of nitrogens with one attached hydrogen (secondary N) is 1. The minimum atomic E-state index is -0.109. The van der Waals surface area contributed by atoms with E-state index in [1.165, 1.54) is 0 Å². The van der Waals surface area contributed by atoms with Gasteiger partial charge in [0, 0.05) is 6.42 Å². The summed E-state index contributed by atoms with van der Waals surface area (Å²) < 4.78 is 0. The molecule has 3 N–H and O–H groups in total. The fraction of sp³-hybridized carbons (Fsp3) is 0.500. The minimum absolute atomic E-state index is 0.109. The van der Waals surface area contributed by atoms with Crippen LogP contribution in [0.3, 0.4) is 0 Å². The first kappa shape index (κ1) is 8.77. The van der Waals surface area contributed by atoms with E-state index in [9.17, 15) is 4.79 Å². The van der Waals surface area contributed by atoms with Crippen molar-refractivity contribution in [3.05, 3.63) is 21.7 Å². The number of aryl methyl sites for hydroxylation is 1. The van der Waals surface area contributed by atoms with Crippen molar-refractivity contribution in [2.75, 3.05) is 5.73 Å². The number of hydrogen-bond acceptors (Lipinski definition) is 3. The normalized spacial score (nSPS) is 10.2. The van der Waals surface area contributed by atoms with Crippen LogP contribution in [0.5, 0.6) is 0 Å². The van der Waals surface area contributed by atoms with Crippen LogP contribution in [0.2, 0.25) is 0 Å². The molecule has 1 aromatic heterocycles. The van der Waals surface area contributed by atoms with Crippen LogP contribution in [-0.4, -0.2) is 9.97 Å². The minimum Gasteiger partial charge on any atom is -0.383 e. The fourth-order valence-electron chi connectivity index (χ4n) is 1.07. The van der Waals surface area contributed by atoms with E-state index >= 15 is 0 Å². The molecule has 4 nitrogen and oxygen atoms in total. The second-order valence-corrected chi connectivity index (χ2v) is 2.58. The van der Waals surface area contributed by atoms with Gasteiger partial charge in [-0.25, -0.2) is 4.98 Å². The Bertz CT molecular complexity index is 330. The third kappa shape index (κ3) is 1.47. The zero-order chi connectivity index (χ0) is 9.14. The van der Waals surface area contributed by atoms with Crippen molar-refractivity contribution >= 4 is 5.82 Å². The summed E-state index contributed by atoms with van der Waals surface area (Å²) in [6, 6.07) is 0. The maximum Gasteiger partial charge on any atom is 0.256 e. The Labute approximate surface area is 70.8 Å². The third-order valence-electron chi connectivity index (χ3n) is 1.78. The highest BCUT2D eigenvalue weighted by Gasteiger charge is 2.04. The average Bonchev–Trinajstić information content (AvgIpc) is 2.03. The summed E-state index contributed by atoms with van der Waals surface area (Å²) in [6.07, 6.45) is 1.32. The number of nitrogen functional groups attached to an aromatic ring is 1. The van der Waals surface area contributed by atoms with Crippen LogP contribution >= 0.6 is 0 Å². The van der Waals surface area contributed by atoms with Crippen LogP contribution in [0.4, 0.5) is 5.82 Å². The Hall–Kier alpha value is -1.32. The van der Waals surface area contributed by atoms with Gasteiger partial charge in [-0.1, -0.05) is 13.8 Å². The molecule has 1 heterocycles. The maximum atomic E-state index is 11.3. The molecule has 0 saturated heterocycles. The van der Waals surface area contributed by atoms with E-state index in [2.05, 4.69) is 9.97 Å². The van der Waals surface area contributed by atoms with Crippen LogP contribution in [0, 0.1) is 0 Å². The van der Waals surface area contributed by atoms with Crippen molar-refractivity contribution in [2.45, 2.75) is 26.7 Å². The molecule has 1 aromatic rings. The molecule has 0 saturated carbocycles. The Kier molecular flexibility index (Phi) is 2.47. The first-order valence-electron chi connectivity index (χ1n) is 4.06. The van der Waals surface area contributed by atoms with Gasteiger partial charge in [0.1, 0.15) is 11.6 Å². The highest BCUT2D eigenvalue weighted by molar-refractivity contribution is 5.37. The van der Waals surface area contributed by atoms with Gasteiger partial charge >= 0.3 is 0 Å². The van der Waals surface area contributed by atoms with Crippen molar-refractivity contribution in [1.29, 1.82) is 0 Å². The molecule has 0 atom stereocenters. The number of aromatic amines is 1. The van der Waals surface area contributed by atoms with Crippen LogP contribution in [-0.2, 0) is 12.8 Å². The summed E-state index contributed by atoms with van der Waals surface area (Å²) in [5.74, 6) is 1.01. The van der Waals surface area contributed by atoms with Crippen LogP contribution in [0.15, 0.2) is 4.79 Å². The van der Waals surface area contributed by atoms with Gasteiger partial charge in [0.25, 0.3) is 5.56 Å². The van der Waals surface area contributed by atoms with E-state index in [4.69, 9.17) is 5.73 Å². The van der Waals surface area contributed by atoms with Crippen molar-refractivity contribution in [3.8, 4) is 0 Å². The fourth-order valence-corrected chi connectivity index (χ4v) is 1.07. The molecule has 0 amide bonds. The van der Waals surface area contributed by atoms with Crippen molar-refractivity contribution < 1.29 is 0 Å². The molecule has 0 unspecified atom stereocenters. The lowest BCUT2D eigenvalue weighted by molar-refractivity contribution is 0.897. The monoisotopic (exact) mass is 167 g/mol. The zero-order valence-electron chi connectivity index (χ0n) is 7.35. The second kappa shape index (κ2) is 3.38. The number of hydrogen-bond donors (Lipinski definition) is 2. The Morgan fingerprint density at radius 3 is 2.50 bits per heavy atom. The van der Waals surface area contributed by atoms with E-state index in [1.54, 1.807) is 0 Å². The van der Waals surface area contributed by atoms with E-state index in [0.717, 1.165) is 0 Å². The third-order valence-corrected chi connectivity index (χ3v) is 1.78. The van der Waals surface area contributed by atoms with Crippen LogP contribution in [0.1, 0.15) is 25.2 Å². The van der Waals surface area contributed by atoms with E-state index < -0.39 is 0 Å². The van der Waals surface area contributed by atoms with Gasteiger partial charge < -0.3 is 10.7 Å². The van der Waals surface area contributed by atoms with Gasteiger partial charge in [-0.15, -0.1) is 0 Å². The number of nitrogens with two attached hydrogens (primary N) is 1. The van der Waals surface area contributed by atoms with E-state index in [-0.39, 0.29) is 5.56 Å². The summed E-state index contributed by atoms with van der Waals surface area (Å²) in [5.41, 5.74) is 6.04. The number of aromatic nitrogens is 2. The van der Waals surface area contributed by atoms with Gasteiger partial charge in [-0.3, -0.25) is 4.79 Å². The molecular formula is C8H13N3O. The predicted molar refractivity (Wildman–Crippen MR) is 48.0 cm³/mol. The Morgan fingerprint density at radius 1 is 1.42 bits per heavy atom. The Morgan fingerprint density at radius 2 is 2.08 bits per heavy atom. The molecule has 0 aromatic carbocycles.